The SMILES string of the molecule is N#C/C(C(=S)S)=C1/NC=C(C(F)(F)F)C=C1Cl. The molecule has 2 nitrogen and oxygen atoms in total. The molecule has 0 fully saturated rings. The fourth-order valence-electron chi connectivity index (χ4n) is 1.04. The van der Waals surface area contributed by atoms with Gasteiger partial charge in [0.05, 0.1) is 20.5 Å². The Morgan fingerprint density at radius 3 is 2.47 bits per heavy atom. The average molecular weight is 297 g/mol. The second kappa shape index (κ2) is 5.12. The lowest BCUT2D eigenvalue weighted by molar-refractivity contribution is -0.0886. The van der Waals surface area contributed by atoms with Gasteiger partial charge in [-0.2, -0.15) is 18.4 Å². The second-order valence-corrected chi connectivity index (χ2v) is 4.47. The number of nitrogens with zero attached hydrogens (tertiary/aromatic N) is 1. The Balaban J connectivity index is 3.20. The van der Waals surface area contributed by atoms with Crippen LogP contribution in [0.2, 0.25) is 0 Å². The first-order valence-corrected chi connectivity index (χ1v) is 5.30. The number of hydrogen-bond donors (Lipinski definition) is 2. The molecule has 0 bridgehead atoms. The number of thiocarbonyl (C=S) groups is 1. The third kappa shape index (κ3) is 3.25. The van der Waals surface area contributed by atoms with Gasteiger partial charge in [0.1, 0.15) is 11.6 Å². The quantitative estimate of drug-likeness (QED) is 0.338. The third-order valence-electron chi connectivity index (χ3n) is 1.80. The maximum Gasteiger partial charge on any atom is 0.417 e. The summed E-state index contributed by atoms with van der Waals surface area (Å²) < 4.78 is 37.0. The monoisotopic (exact) mass is 296 g/mol. The number of dihydropyridines is 1. The molecule has 0 aromatic rings. The van der Waals surface area contributed by atoms with Gasteiger partial charge < -0.3 is 5.32 Å². The van der Waals surface area contributed by atoms with Gasteiger partial charge >= 0.3 is 6.18 Å². The smallest absolute Gasteiger partial charge is 0.359 e. The molecule has 0 spiro atoms. The maximum absolute atomic E-state index is 12.3. The van der Waals surface area contributed by atoms with Gasteiger partial charge in [-0.05, 0) is 6.08 Å². The molecule has 0 atom stereocenters. The Kier molecular flexibility index (Phi) is 4.25. The average Bonchev–Trinajstić information content (AvgIpc) is 2.19. The Labute approximate surface area is 111 Å². The van der Waals surface area contributed by atoms with Crippen LogP contribution >= 0.6 is 36.4 Å². The van der Waals surface area contributed by atoms with Crippen molar-refractivity contribution in [3.63, 3.8) is 0 Å². The van der Waals surface area contributed by atoms with Crippen molar-refractivity contribution in [3.05, 3.63) is 34.2 Å². The lowest BCUT2D eigenvalue weighted by atomic mass is 10.1. The highest BCUT2D eigenvalue weighted by Crippen LogP contribution is 2.32. The van der Waals surface area contributed by atoms with E-state index in [1.165, 1.54) is 0 Å². The van der Waals surface area contributed by atoms with Gasteiger partial charge in [-0.25, -0.2) is 0 Å². The number of allylic oxidation sites excluding steroid dienone is 3. The van der Waals surface area contributed by atoms with E-state index in [-0.39, 0.29) is 20.5 Å². The van der Waals surface area contributed by atoms with Crippen molar-refractivity contribution in [3.8, 4) is 6.07 Å². The van der Waals surface area contributed by atoms with Gasteiger partial charge in [0, 0.05) is 6.20 Å². The highest BCUT2D eigenvalue weighted by molar-refractivity contribution is 8.11. The number of halogens is 4. The molecule has 0 aromatic heterocycles. The number of nitriles is 1. The van der Waals surface area contributed by atoms with Crippen LogP contribution in [0.4, 0.5) is 13.2 Å². The number of nitrogens with one attached hydrogen (secondary N) is 1. The zero-order valence-corrected chi connectivity index (χ0v) is 10.4. The first-order valence-electron chi connectivity index (χ1n) is 4.06. The first kappa shape index (κ1) is 14.1. The predicted octanol–water partition coefficient (Wildman–Crippen LogP) is 3.19. The van der Waals surface area contributed by atoms with E-state index in [0.717, 1.165) is 6.08 Å². The van der Waals surface area contributed by atoms with E-state index < -0.39 is 11.7 Å². The van der Waals surface area contributed by atoms with Gasteiger partial charge in [-0.3, -0.25) is 0 Å². The number of alkyl halides is 3. The van der Waals surface area contributed by atoms with Crippen molar-refractivity contribution in [1.29, 1.82) is 5.26 Å². The molecule has 0 amide bonds. The van der Waals surface area contributed by atoms with E-state index >= 15 is 0 Å². The molecule has 1 N–H and O–H groups in total. The van der Waals surface area contributed by atoms with E-state index in [2.05, 4.69) is 30.2 Å². The lowest BCUT2D eigenvalue weighted by Crippen LogP contribution is -2.21. The van der Waals surface area contributed by atoms with Crippen LogP contribution in [0, 0.1) is 11.3 Å². The van der Waals surface area contributed by atoms with Crippen molar-refractivity contribution in [2.24, 2.45) is 0 Å². The molecule has 0 saturated carbocycles. The molecule has 1 aliphatic rings. The zero-order valence-electron chi connectivity index (χ0n) is 7.97. The predicted molar refractivity (Wildman–Crippen MR) is 65.4 cm³/mol. The molecule has 0 aromatic carbocycles. The molecule has 1 aliphatic heterocycles. The summed E-state index contributed by atoms with van der Waals surface area (Å²) >= 11 is 14.1. The van der Waals surface area contributed by atoms with E-state index in [9.17, 15) is 13.2 Å². The highest BCUT2D eigenvalue weighted by atomic mass is 35.5. The minimum Gasteiger partial charge on any atom is -0.359 e. The summed E-state index contributed by atoms with van der Waals surface area (Å²) in [6, 6.07) is 1.72. The molecule has 0 unspecified atom stereocenters. The van der Waals surface area contributed by atoms with E-state index in [4.69, 9.17) is 16.9 Å². The van der Waals surface area contributed by atoms with Gasteiger partial charge in [-0.1, -0.05) is 23.8 Å². The van der Waals surface area contributed by atoms with Crippen LogP contribution in [-0.2, 0) is 0 Å². The second-order valence-electron chi connectivity index (χ2n) is 2.90. The fourth-order valence-corrected chi connectivity index (χ4v) is 1.61. The van der Waals surface area contributed by atoms with Crippen molar-refractivity contribution in [1.82, 2.24) is 5.32 Å². The lowest BCUT2D eigenvalue weighted by Gasteiger charge is -2.17. The fraction of sp³-hybridized carbons (Fsp3) is 0.111. The van der Waals surface area contributed by atoms with Gasteiger partial charge in [0.2, 0.25) is 0 Å². The summed E-state index contributed by atoms with van der Waals surface area (Å²) in [5.74, 6) is 0. The molecule has 0 aliphatic carbocycles. The Morgan fingerprint density at radius 2 is 2.12 bits per heavy atom. The molecule has 0 radical (unpaired) electrons. The first-order chi connectivity index (χ1) is 7.77. The van der Waals surface area contributed by atoms with E-state index in [0.29, 0.717) is 6.20 Å². The van der Waals surface area contributed by atoms with E-state index in [1.54, 1.807) is 6.07 Å². The zero-order chi connectivity index (χ0) is 13.2. The number of thiol groups is 1. The summed E-state index contributed by atoms with van der Waals surface area (Å²) in [6.07, 6.45) is -3.08. The normalized spacial score (nSPS) is 18.6. The molecule has 17 heavy (non-hydrogen) atoms. The Bertz CT molecular complexity index is 497. The van der Waals surface area contributed by atoms with Crippen LogP contribution in [0.15, 0.2) is 34.2 Å². The number of rotatable bonds is 1. The third-order valence-corrected chi connectivity index (χ3v) is 2.52. The Hall–Kier alpha value is -0.970. The summed E-state index contributed by atoms with van der Waals surface area (Å²) in [5, 5.41) is 10.8. The minimum absolute atomic E-state index is 0.0159. The Morgan fingerprint density at radius 1 is 1.53 bits per heavy atom. The molecule has 1 rings (SSSR count). The van der Waals surface area contributed by atoms with Gasteiger partial charge in [0.25, 0.3) is 0 Å². The van der Waals surface area contributed by atoms with Crippen LogP contribution in [0.3, 0.4) is 0 Å². The van der Waals surface area contributed by atoms with Crippen LogP contribution < -0.4 is 5.32 Å². The topological polar surface area (TPSA) is 35.8 Å². The molecule has 90 valence electrons. The molecular weight excluding hydrogens is 293 g/mol. The molecular formula is C9H4ClF3N2S2. The summed E-state index contributed by atoms with van der Waals surface area (Å²) in [4.78, 5) is 0. The van der Waals surface area contributed by atoms with Gasteiger partial charge in [-0.15, -0.1) is 12.6 Å². The van der Waals surface area contributed by atoms with Crippen LogP contribution in [-0.4, -0.2) is 10.4 Å². The van der Waals surface area contributed by atoms with Crippen molar-refractivity contribution in [2.45, 2.75) is 6.18 Å². The number of hydrogen-bond acceptors (Lipinski definition) is 3. The standard InChI is InChI=1S/C9H4ClF3N2S2/c10-6-1-4(9(11,12)13)3-15-7(6)5(2-14)8(16)17/h1,3,15H,(H,16,17)/b7-5-. The van der Waals surface area contributed by atoms with Crippen LogP contribution in [0.5, 0.6) is 0 Å². The molecule has 8 heteroatoms. The largest absolute Gasteiger partial charge is 0.417 e. The van der Waals surface area contributed by atoms with Gasteiger partial charge in [0.15, 0.2) is 0 Å². The highest BCUT2D eigenvalue weighted by Gasteiger charge is 2.34. The molecule has 0 saturated heterocycles. The van der Waals surface area contributed by atoms with Crippen molar-refractivity contribution >= 4 is 40.6 Å². The summed E-state index contributed by atoms with van der Waals surface area (Å²) in [5.41, 5.74) is -1.00. The summed E-state index contributed by atoms with van der Waals surface area (Å²) in [7, 11) is 0. The van der Waals surface area contributed by atoms with E-state index in [1.807, 2.05) is 0 Å². The molecule has 1 heterocycles. The summed E-state index contributed by atoms with van der Waals surface area (Å²) in [6.45, 7) is 0. The van der Waals surface area contributed by atoms with Crippen LogP contribution in [0.25, 0.3) is 0 Å². The minimum atomic E-state index is -4.51. The maximum atomic E-state index is 12.3. The van der Waals surface area contributed by atoms with Crippen molar-refractivity contribution < 1.29 is 13.2 Å². The van der Waals surface area contributed by atoms with Crippen molar-refractivity contribution in [2.75, 3.05) is 0 Å². The van der Waals surface area contributed by atoms with Crippen LogP contribution in [0.1, 0.15) is 0 Å².